The first kappa shape index (κ1) is 18.7. The summed E-state index contributed by atoms with van der Waals surface area (Å²) >= 11 is 6.03. The van der Waals surface area contributed by atoms with Gasteiger partial charge in [-0.15, -0.1) is 0 Å². The molecule has 0 unspecified atom stereocenters. The van der Waals surface area contributed by atoms with Crippen molar-refractivity contribution in [2.45, 2.75) is 6.42 Å². The summed E-state index contributed by atoms with van der Waals surface area (Å²) in [7, 11) is 1.61. The molecule has 138 valence electrons. The number of carbonyl (C=O) groups is 2. The van der Waals surface area contributed by atoms with E-state index in [0.29, 0.717) is 10.7 Å². The number of hydrogen-bond acceptors (Lipinski definition) is 2. The lowest BCUT2D eigenvalue weighted by atomic mass is 10.1. The molecule has 3 rings (SSSR count). The summed E-state index contributed by atoms with van der Waals surface area (Å²) in [5, 5.41) is 3.18. The molecule has 0 spiro atoms. The molecule has 0 atom stereocenters. The van der Waals surface area contributed by atoms with E-state index in [1.807, 2.05) is 53.4 Å². The molecule has 5 nitrogen and oxygen atoms in total. The number of carbonyl (C=O) groups excluding carboxylic acids is 2. The number of nitrogens with zero attached hydrogens (tertiary/aromatic N) is 2. The Bertz CT molecular complexity index is 921. The van der Waals surface area contributed by atoms with Crippen molar-refractivity contribution in [2.24, 2.45) is 0 Å². The van der Waals surface area contributed by atoms with Gasteiger partial charge in [-0.3, -0.25) is 9.59 Å². The molecule has 0 radical (unpaired) electrons. The van der Waals surface area contributed by atoms with E-state index in [1.54, 1.807) is 31.3 Å². The van der Waals surface area contributed by atoms with Crippen LogP contribution in [0.1, 0.15) is 5.56 Å². The second-order valence-corrected chi connectivity index (χ2v) is 6.62. The Kier molecular flexibility index (Phi) is 5.94. The van der Waals surface area contributed by atoms with E-state index >= 15 is 0 Å². The van der Waals surface area contributed by atoms with Crippen LogP contribution in [0.25, 0.3) is 5.69 Å². The summed E-state index contributed by atoms with van der Waals surface area (Å²) in [5.74, 6) is -0.417. The Labute approximate surface area is 163 Å². The molecule has 0 fully saturated rings. The molecule has 3 aromatic rings. The minimum atomic E-state index is -0.290. The van der Waals surface area contributed by atoms with Crippen LogP contribution < -0.4 is 5.32 Å². The van der Waals surface area contributed by atoms with Gasteiger partial charge in [0, 0.05) is 25.1 Å². The van der Waals surface area contributed by atoms with Gasteiger partial charge in [-0.05, 0) is 42.0 Å². The van der Waals surface area contributed by atoms with E-state index in [1.165, 1.54) is 4.90 Å². The highest BCUT2D eigenvalue weighted by molar-refractivity contribution is 6.33. The molecule has 0 aliphatic carbocycles. The second-order valence-electron chi connectivity index (χ2n) is 6.21. The van der Waals surface area contributed by atoms with Crippen molar-refractivity contribution in [3.63, 3.8) is 0 Å². The number of hydrogen-bond donors (Lipinski definition) is 1. The number of amides is 2. The minimum Gasteiger partial charge on any atom is -0.336 e. The van der Waals surface area contributed by atoms with Gasteiger partial charge in [0.15, 0.2) is 0 Å². The maximum Gasteiger partial charge on any atom is 0.244 e. The number of rotatable bonds is 6. The minimum absolute atomic E-state index is 0.0362. The second kappa shape index (κ2) is 8.56. The van der Waals surface area contributed by atoms with Gasteiger partial charge in [-0.25, -0.2) is 0 Å². The Hall–Kier alpha value is -3.05. The molecule has 1 N–H and O–H groups in total. The summed E-state index contributed by atoms with van der Waals surface area (Å²) in [6.07, 6.45) is 4.17. The molecular weight excluding hydrogens is 362 g/mol. The van der Waals surface area contributed by atoms with Gasteiger partial charge >= 0.3 is 0 Å². The average Bonchev–Trinajstić information content (AvgIpc) is 3.19. The average molecular weight is 382 g/mol. The van der Waals surface area contributed by atoms with Crippen LogP contribution in [0.5, 0.6) is 0 Å². The van der Waals surface area contributed by atoms with Crippen molar-refractivity contribution in [3.8, 4) is 5.69 Å². The van der Waals surface area contributed by atoms with Crippen molar-refractivity contribution in [2.75, 3.05) is 18.9 Å². The number of anilines is 1. The Morgan fingerprint density at radius 2 is 1.67 bits per heavy atom. The molecule has 0 aliphatic heterocycles. The fourth-order valence-electron chi connectivity index (χ4n) is 2.66. The van der Waals surface area contributed by atoms with Crippen LogP contribution in [0.2, 0.25) is 5.02 Å². The molecule has 1 aromatic heterocycles. The zero-order valence-corrected chi connectivity index (χ0v) is 15.7. The van der Waals surface area contributed by atoms with Crippen molar-refractivity contribution < 1.29 is 9.59 Å². The molecular formula is C21H20ClN3O2. The number of nitrogens with one attached hydrogen (secondary N) is 1. The van der Waals surface area contributed by atoms with Gasteiger partial charge in [-0.2, -0.15) is 0 Å². The first-order valence-corrected chi connectivity index (χ1v) is 8.91. The number of halogens is 1. The van der Waals surface area contributed by atoms with Gasteiger partial charge in [0.25, 0.3) is 0 Å². The van der Waals surface area contributed by atoms with E-state index in [-0.39, 0.29) is 24.8 Å². The third-order valence-electron chi connectivity index (χ3n) is 4.15. The summed E-state index contributed by atoms with van der Waals surface area (Å²) in [6.45, 7) is -0.0362. The van der Waals surface area contributed by atoms with E-state index in [0.717, 1.165) is 11.3 Å². The van der Waals surface area contributed by atoms with Crippen molar-refractivity contribution >= 4 is 29.1 Å². The predicted octanol–water partition coefficient (Wildman–Crippen LogP) is 3.77. The van der Waals surface area contributed by atoms with E-state index in [9.17, 15) is 9.59 Å². The van der Waals surface area contributed by atoms with Gasteiger partial charge in [-0.1, -0.05) is 35.9 Å². The maximum atomic E-state index is 12.4. The lowest BCUT2D eigenvalue weighted by molar-refractivity contribution is -0.132. The Morgan fingerprint density at radius 1 is 1.00 bits per heavy atom. The molecule has 27 heavy (non-hydrogen) atoms. The fraction of sp³-hybridized carbons (Fsp3) is 0.143. The molecule has 0 saturated heterocycles. The lowest BCUT2D eigenvalue weighted by Crippen LogP contribution is -2.35. The van der Waals surface area contributed by atoms with Gasteiger partial charge in [0.2, 0.25) is 11.8 Å². The molecule has 6 heteroatoms. The topological polar surface area (TPSA) is 54.3 Å². The zero-order valence-electron chi connectivity index (χ0n) is 14.9. The zero-order chi connectivity index (χ0) is 19.2. The standard InChI is InChI=1S/C21H20ClN3O2/c1-24(15-20(26)23-19-7-3-2-6-18(19)22)21(27)14-16-8-10-17(11-9-16)25-12-4-5-13-25/h2-13H,14-15H2,1H3,(H,23,26). The Morgan fingerprint density at radius 3 is 2.33 bits per heavy atom. The van der Waals surface area contributed by atoms with Crippen molar-refractivity contribution in [3.05, 3.63) is 83.6 Å². The van der Waals surface area contributed by atoms with Crippen LogP contribution in [0.3, 0.4) is 0 Å². The molecule has 0 aliphatic rings. The highest BCUT2D eigenvalue weighted by atomic mass is 35.5. The van der Waals surface area contributed by atoms with Crippen LogP contribution in [-0.4, -0.2) is 34.9 Å². The highest BCUT2D eigenvalue weighted by Crippen LogP contribution is 2.20. The highest BCUT2D eigenvalue weighted by Gasteiger charge is 2.14. The summed E-state index contributed by atoms with van der Waals surface area (Å²) < 4.78 is 2.00. The molecule has 0 bridgehead atoms. The monoisotopic (exact) mass is 381 g/mol. The van der Waals surface area contributed by atoms with E-state index in [4.69, 9.17) is 11.6 Å². The quantitative estimate of drug-likeness (QED) is 0.706. The smallest absolute Gasteiger partial charge is 0.244 e. The largest absolute Gasteiger partial charge is 0.336 e. The first-order valence-electron chi connectivity index (χ1n) is 8.53. The van der Waals surface area contributed by atoms with Gasteiger partial charge < -0.3 is 14.8 Å². The number of para-hydroxylation sites is 1. The third-order valence-corrected chi connectivity index (χ3v) is 4.48. The first-order chi connectivity index (χ1) is 13.0. The third kappa shape index (κ3) is 4.99. The van der Waals surface area contributed by atoms with Crippen LogP contribution in [0.4, 0.5) is 5.69 Å². The summed E-state index contributed by atoms with van der Waals surface area (Å²) in [6, 6.07) is 18.7. The van der Waals surface area contributed by atoms with Crippen LogP contribution in [0.15, 0.2) is 73.1 Å². The molecule has 2 aromatic carbocycles. The van der Waals surface area contributed by atoms with E-state index in [2.05, 4.69) is 5.32 Å². The SMILES string of the molecule is CN(CC(=O)Nc1ccccc1Cl)C(=O)Cc1ccc(-n2cccc2)cc1. The summed E-state index contributed by atoms with van der Waals surface area (Å²) in [4.78, 5) is 25.9. The van der Waals surface area contributed by atoms with Crippen LogP contribution >= 0.6 is 11.6 Å². The normalized spacial score (nSPS) is 10.4. The van der Waals surface area contributed by atoms with E-state index < -0.39 is 0 Å². The van der Waals surface area contributed by atoms with Gasteiger partial charge in [0.1, 0.15) is 0 Å². The van der Waals surface area contributed by atoms with Crippen molar-refractivity contribution in [1.82, 2.24) is 9.47 Å². The Balaban J connectivity index is 1.54. The number of aromatic nitrogens is 1. The fourth-order valence-corrected chi connectivity index (χ4v) is 2.84. The van der Waals surface area contributed by atoms with Crippen molar-refractivity contribution in [1.29, 1.82) is 0 Å². The van der Waals surface area contributed by atoms with Crippen LogP contribution in [-0.2, 0) is 16.0 Å². The number of likely N-dealkylation sites (N-methyl/N-ethyl adjacent to an activating group) is 1. The molecule has 0 saturated carbocycles. The summed E-state index contributed by atoms with van der Waals surface area (Å²) in [5.41, 5.74) is 2.46. The van der Waals surface area contributed by atoms with Crippen LogP contribution in [0, 0.1) is 0 Å². The number of benzene rings is 2. The molecule has 1 heterocycles. The predicted molar refractivity (Wildman–Crippen MR) is 107 cm³/mol. The van der Waals surface area contributed by atoms with Gasteiger partial charge in [0.05, 0.1) is 23.7 Å². The molecule has 2 amide bonds. The maximum absolute atomic E-state index is 12.4. The lowest BCUT2D eigenvalue weighted by Gasteiger charge is -2.17.